The van der Waals surface area contributed by atoms with Crippen molar-refractivity contribution in [3.8, 4) is 5.88 Å². The SMILES string of the molecule is O=C1C=CCCC1=Cc1sc(=S)[nH]c1O. The first-order valence-electron chi connectivity index (χ1n) is 4.50. The fourth-order valence-corrected chi connectivity index (χ4v) is 2.45. The molecule has 0 aliphatic heterocycles. The van der Waals surface area contributed by atoms with Crippen LogP contribution in [0.4, 0.5) is 0 Å². The second kappa shape index (κ2) is 4.12. The lowest BCUT2D eigenvalue weighted by Crippen LogP contribution is -2.02. The molecule has 1 aliphatic carbocycles. The van der Waals surface area contributed by atoms with Gasteiger partial charge in [-0.1, -0.05) is 6.08 Å². The van der Waals surface area contributed by atoms with E-state index in [1.807, 2.05) is 6.08 Å². The molecule has 78 valence electrons. The highest BCUT2D eigenvalue weighted by Gasteiger charge is 2.11. The van der Waals surface area contributed by atoms with Crippen LogP contribution in [0.15, 0.2) is 17.7 Å². The van der Waals surface area contributed by atoms with Crippen molar-refractivity contribution in [3.05, 3.63) is 26.6 Å². The molecule has 2 rings (SSSR count). The lowest BCUT2D eigenvalue weighted by molar-refractivity contribution is -0.111. The molecule has 0 spiro atoms. The van der Waals surface area contributed by atoms with Crippen molar-refractivity contribution in [2.45, 2.75) is 12.8 Å². The standard InChI is InChI=1S/C10H9NO2S2/c12-7-4-2-1-3-6(7)5-8-9(13)11-10(14)15-8/h2,4-5,13H,1,3H2,(H,11,14). The second-order valence-corrected chi connectivity index (χ2v) is 4.92. The molecule has 0 aromatic carbocycles. The number of aromatic amines is 1. The van der Waals surface area contributed by atoms with Crippen LogP contribution in [0, 0.1) is 3.95 Å². The third-order valence-corrected chi connectivity index (χ3v) is 3.30. The van der Waals surface area contributed by atoms with Crippen LogP contribution < -0.4 is 0 Å². The Labute approximate surface area is 95.8 Å². The van der Waals surface area contributed by atoms with E-state index in [0.717, 1.165) is 18.4 Å². The number of thiazole rings is 1. The largest absolute Gasteiger partial charge is 0.494 e. The van der Waals surface area contributed by atoms with Gasteiger partial charge >= 0.3 is 0 Å². The van der Waals surface area contributed by atoms with Crippen LogP contribution in [-0.2, 0) is 4.79 Å². The Balaban J connectivity index is 2.38. The summed E-state index contributed by atoms with van der Waals surface area (Å²) in [6, 6.07) is 0. The van der Waals surface area contributed by atoms with Gasteiger partial charge in [0.15, 0.2) is 9.74 Å². The van der Waals surface area contributed by atoms with E-state index in [-0.39, 0.29) is 11.7 Å². The molecule has 1 aromatic heterocycles. The molecule has 0 saturated heterocycles. The summed E-state index contributed by atoms with van der Waals surface area (Å²) in [6.45, 7) is 0. The maximum absolute atomic E-state index is 11.4. The van der Waals surface area contributed by atoms with Crippen molar-refractivity contribution in [2.24, 2.45) is 0 Å². The highest BCUT2D eigenvalue weighted by Crippen LogP contribution is 2.26. The summed E-state index contributed by atoms with van der Waals surface area (Å²) in [5.41, 5.74) is 0.720. The van der Waals surface area contributed by atoms with E-state index < -0.39 is 0 Å². The quantitative estimate of drug-likeness (QED) is 0.585. The lowest BCUT2D eigenvalue weighted by Gasteiger charge is -2.05. The molecule has 1 aliphatic rings. The molecule has 2 N–H and O–H groups in total. The number of hydrogen-bond donors (Lipinski definition) is 2. The summed E-state index contributed by atoms with van der Waals surface area (Å²) in [7, 11) is 0. The van der Waals surface area contributed by atoms with Crippen molar-refractivity contribution in [1.29, 1.82) is 0 Å². The first-order valence-corrected chi connectivity index (χ1v) is 5.73. The molecule has 0 atom stereocenters. The number of aromatic nitrogens is 1. The Kier molecular flexibility index (Phi) is 2.83. The van der Waals surface area contributed by atoms with Gasteiger partial charge in [0.2, 0.25) is 5.88 Å². The van der Waals surface area contributed by atoms with Crippen molar-refractivity contribution in [1.82, 2.24) is 4.98 Å². The number of aromatic hydroxyl groups is 1. The highest BCUT2D eigenvalue weighted by molar-refractivity contribution is 7.73. The molecular formula is C10H9NO2S2. The predicted molar refractivity (Wildman–Crippen MR) is 62.5 cm³/mol. The minimum Gasteiger partial charge on any atom is -0.494 e. The summed E-state index contributed by atoms with van der Waals surface area (Å²) in [5, 5.41) is 9.46. The third kappa shape index (κ3) is 2.24. The van der Waals surface area contributed by atoms with Crippen LogP contribution in [0.3, 0.4) is 0 Å². The van der Waals surface area contributed by atoms with Gasteiger partial charge in [-0.3, -0.25) is 4.79 Å². The molecule has 0 amide bonds. The molecule has 0 radical (unpaired) electrons. The Morgan fingerprint density at radius 2 is 2.40 bits per heavy atom. The minimum absolute atomic E-state index is 0.0139. The van der Waals surface area contributed by atoms with Gasteiger partial charge in [0.05, 0.1) is 4.88 Å². The molecule has 3 nitrogen and oxygen atoms in total. The summed E-state index contributed by atoms with van der Waals surface area (Å²) in [4.78, 5) is 14.7. The average Bonchev–Trinajstić information content (AvgIpc) is 2.49. The van der Waals surface area contributed by atoms with Gasteiger partial charge in [-0.15, -0.1) is 11.3 Å². The van der Waals surface area contributed by atoms with E-state index >= 15 is 0 Å². The maximum atomic E-state index is 11.4. The zero-order valence-corrected chi connectivity index (χ0v) is 9.45. The van der Waals surface area contributed by atoms with E-state index in [9.17, 15) is 9.90 Å². The van der Waals surface area contributed by atoms with Gasteiger partial charge in [0.25, 0.3) is 0 Å². The van der Waals surface area contributed by atoms with Crippen molar-refractivity contribution >= 4 is 35.4 Å². The Morgan fingerprint density at radius 3 is 3.00 bits per heavy atom. The molecule has 0 unspecified atom stereocenters. The van der Waals surface area contributed by atoms with Gasteiger partial charge < -0.3 is 10.1 Å². The number of allylic oxidation sites excluding steroid dienone is 3. The summed E-state index contributed by atoms with van der Waals surface area (Å²) < 4.78 is 0.512. The van der Waals surface area contributed by atoms with E-state index in [4.69, 9.17) is 12.2 Å². The molecule has 15 heavy (non-hydrogen) atoms. The molecule has 1 heterocycles. The number of carbonyl (C=O) groups excluding carboxylic acids is 1. The fraction of sp³-hybridized carbons (Fsp3) is 0.200. The minimum atomic E-state index is 0.0139. The number of ketones is 1. The Bertz CT molecular complexity index is 508. The van der Waals surface area contributed by atoms with Crippen molar-refractivity contribution < 1.29 is 9.90 Å². The number of H-pyrrole nitrogens is 1. The van der Waals surface area contributed by atoms with Crippen molar-refractivity contribution in [2.75, 3.05) is 0 Å². The lowest BCUT2D eigenvalue weighted by atomic mass is 9.99. The van der Waals surface area contributed by atoms with Gasteiger partial charge in [0.1, 0.15) is 0 Å². The highest BCUT2D eigenvalue weighted by atomic mass is 32.1. The zero-order valence-electron chi connectivity index (χ0n) is 7.82. The van der Waals surface area contributed by atoms with Gasteiger partial charge in [-0.05, 0) is 37.2 Å². The zero-order chi connectivity index (χ0) is 10.8. The van der Waals surface area contributed by atoms with E-state index in [1.165, 1.54) is 11.3 Å². The number of carbonyl (C=O) groups is 1. The van der Waals surface area contributed by atoms with Crippen LogP contribution >= 0.6 is 23.6 Å². The molecule has 0 saturated carbocycles. The van der Waals surface area contributed by atoms with Gasteiger partial charge in [-0.2, -0.15) is 0 Å². The molecule has 0 fully saturated rings. The number of nitrogens with one attached hydrogen (secondary N) is 1. The predicted octanol–water partition coefficient (Wildman–Crippen LogP) is 2.81. The third-order valence-electron chi connectivity index (χ3n) is 2.13. The monoisotopic (exact) mass is 239 g/mol. The van der Waals surface area contributed by atoms with Crippen LogP contribution in [0.5, 0.6) is 5.88 Å². The number of rotatable bonds is 1. The van der Waals surface area contributed by atoms with Crippen LogP contribution in [0.25, 0.3) is 6.08 Å². The van der Waals surface area contributed by atoms with Crippen LogP contribution in [-0.4, -0.2) is 15.9 Å². The average molecular weight is 239 g/mol. The summed E-state index contributed by atoms with van der Waals surface area (Å²) in [6.07, 6.45) is 6.72. The smallest absolute Gasteiger partial charge is 0.207 e. The first kappa shape index (κ1) is 10.3. The van der Waals surface area contributed by atoms with Crippen LogP contribution in [0.1, 0.15) is 17.7 Å². The van der Waals surface area contributed by atoms with Gasteiger partial charge in [0, 0.05) is 5.57 Å². The Hall–Kier alpha value is -1.20. The molecular weight excluding hydrogens is 230 g/mol. The number of hydrogen-bond acceptors (Lipinski definition) is 4. The normalized spacial score (nSPS) is 18.7. The van der Waals surface area contributed by atoms with E-state index in [1.54, 1.807) is 12.2 Å². The van der Waals surface area contributed by atoms with E-state index in [2.05, 4.69) is 4.98 Å². The molecule has 1 aromatic rings. The van der Waals surface area contributed by atoms with E-state index in [0.29, 0.717) is 8.83 Å². The van der Waals surface area contributed by atoms with Crippen molar-refractivity contribution in [3.63, 3.8) is 0 Å². The maximum Gasteiger partial charge on any atom is 0.207 e. The molecule has 0 bridgehead atoms. The Morgan fingerprint density at radius 1 is 1.60 bits per heavy atom. The summed E-state index contributed by atoms with van der Waals surface area (Å²) in [5.74, 6) is 0.0554. The fourth-order valence-electron chi connectivity index (χ4n) is 1.39. The second-order valence-electron chi connectivity index (χ2n) is 3.20. The van der Waals surface area contributed by atoms with Gasteiger partial charge in [-0.25, -0.2) is 0 Å². The molecule has 5 heteroatoms. The first-order chi connectivity index (χ1) is 7.16. The topological polar surface area (TPSA) is 53.1 Å². The van der Waals surface area contributed by atoms with Crippen LogP contribution in [0.2, 0.25) is 0 Å². The summed E-state index contributed by atoms with van der Waals surface area (Å²) >= 11 is 6.16.